The van der Waals surface area contributed by atoms with E-state index in [1.165, 1.54) is 0 Å². The lowest BCUT2D eigenvalue weighted by molar-refractivity contribution is -0.136. The molecule has 0 aliphatic carbocycles. The van der Waals surface area contributed by atoms with E-state index in [1.54, 1.807) is 16.4 Å². The van der Waals surface area contributed by atoms with Crippen molar-refractivity contribution in [3.63, 3.8) is 0 Å². The van der Waals surface area contributed by atoms with E-state index in [4.69, 9.17) is 4.74 Å². The number of ether oxygens (including phenoxy) is 1. The van der Waals surface area contributed by atoms with E-state index in [0.717, 1.165) is 35.6 Å². The van der Waals surface area contributed by atoms with Crippen molar-refractivity contribution in [2.75, 3.05) is 6.61 Å². The highest BCUT2D eigenvalue weighted by Gasteiger charge is 2.25. The first-order valence-corrected chi connectivity index (χ1v) is 11.2. The molecule has 4 rings (SSSR count). The molecule has 0 saturated heterocycles. The van der Waals surface area contributed by atoms with Crippen molar-refractivity contribution in [3.8, 4) is 0 Å². The fourth-order valence-corrected chi connectivity index (χ4v) is 4.97. The largest absolute Gasteiger partial charge is 0.451 e. The minimum atomic E-state index is -0.596. The summed E-state index contributed by atoms with van der Waals surface area (Å²) in [5.74, 6) is -0.0905. The van der Waals surface area contributed by atoms with Gasteiger partial charge < -0.3 is 9.64 Å². The Hall–Kier alpha value is -3.00. The molecule has 3 aromatic rings. The van der Waals surface area contributed by atoms with E-state index in [2.05, 4.69) is 4.98 Å². The van der Waals surface area contributed by atoms with Crippen molar-refractivity contribution >= 4 is 33.4 Å². The maximum Gasteiger partial charge on any atom is 0.349 e. The summed E-state index contributed by atoms with van der Waals surface area (Å²) in [6, 6.07) is 9.65. The highest BCUT2D eigenvalue weighted by Crippen LogP contribution is 2.29. The van der Waals surface area contributed by atoms with E-state index in [1.807, 2.05) is 44.2 Å². The molecule has 7 nitrogen and oxygen atoms in total. The maximum absolute atomic E-state index is 12.8. The van der Waals surface area contributed by atoms with Gasteiger partial charge in [-0.1, -0.05) is 30.3 Å². The molecule has 8 heteroatoms. The summed E-state index contributed by atoms with van der Waals surface area (Å²) >= 11 is 1.16. The predicted octanol–water partition coefficient (Wildman–Crippen LogP) is 3.31. The van der Waals surface area contributed by atoms with Crippen LogP contribution in [0.25, 0.3) is 10.2 Å². The lowest BCUT2D eigenvalue weighted by atomic mass is 10.2. The van der Waals surface area contributed by atoms with Crippen LogP contribution in [0.15, 0.2) is 35.1 Å². The molecule has 1 aromatic carbocycles. The second kappa shape index (κ2) is 8.63. The van der Waals surface area contributed by atoms with Gasteiger partial charge in [-0.05, 0) is 38.3 Å². The third-order valence-corrected chi connectivity index (χ3v) is 6.73. The number of thiophene rings is 1. The average Bonchev–Trinajstić information content (AvgIpc) is 3.35. The van der Waals surface area contributed by atoms with Crippen LogP contribution in [0.3, 0.4) is 0 Å². The van der Waals surface area contributed by atoms with Crippen LogP contribution in [0.5, 0.6) is 0 Å². The van der Waals surface area contributed by atoms with Gasteiger partial charge in [0.15, 0.2) is 6.61 Å². The molecule has 0 bridgehead atoms. The Morgan fingerprint density at radius 1 is 1.26 bits per heavy atom. The Morgan fingerprint density at radius 3 is 2.71 bits per heavy atom. The van der Waals surface area contributed by atoms with Crippen LogP contribution < -0.4 is 5.56 Å². The van der Waals surface area contributed by atoms with Crippen LogP contribution in [-0.2, 0) is 29.0 Å². The van der Waals surface area contributed by atoms with Crippen molar-refractivity contribution in [2.24, 2.45) is 0 Å². The quantitative estimate of drug-likeness (QED) is 0.551. The van der Waals surface area contributed by atoms with Crippen LogP contribution in [-0.4, -0.2) is 39.0 Å². The van der Waals surface area contributed by atoms with Crippen LogP contribution in [0.4, 0.5) is 0 Å². The molecule has 0 unspecified atom stereocenters. The Kier molecular flexibility index (Phi) is 5.91. The molecule has 2 aromatic heterocycles. The molecular formula is C23H25N3O4S. The first-order chi connectivity index (χ1) is 14.9. The summed E-state index contributed by atoms with van der Waals surface area (Å²) in [5, 5.41) is 0.474. The molecule has 1 aliphatic heterocycles. The Balaban J connectivity index is 1.50. The number of carbonyl (C=O) groups is 2. The minimum absolute atomic E-state index is 0.0379. The molecule has 0 radical (unpaired) electrons. The number of hydrogen-bond donors (Lipinski definition) is 0. The van der Waals surface area contributed by atoms with Gasteiger partial charge in [-0.25, -0.2) is 9.78 Å². The van der Waals surface area contributed by atoms with Gasteiger partial charge in [-0.3, -0.25) is 14.2 Å². The number of hydrogen-bond acceptors (Lipinski definition) is 6. The standard InChI is InChI=1S/C23H25N3O4S/c1-14(2)26(12-16-8-5-4-6-9-16)18(27)13-30-23(29)20-15(3)19-21(31-20)24-17-10-7-11-25(17)22(19)28/h4-6,8-9,14H,7,10-13H2,1-3H3. The molecule has 0 saturated carbocycles. The topological polar surface area (TPSA) is 81.5 Å². The lowest BCUT2D eigenvalue weighted by Crippen LogP contribution is -2.39. The first kappa shape index (κ1) is 21.2. The summed E-state index contributed by atoms with van der Waals surface area (Å²) in [6.07, 6.45) is 1.67. The van der Waals surface area contributed by atoms with Crippen LogP contribution in [0, 0.1) is 6.92 Å². The van der Waals surface area contributed by atoms with Crippen molar-refractivity contribution < 1.29 is 14.3 Å². The van der Waals surface area contributed by atoms with Crippen LogP contribution in [0.2, 0.25) is 0 Å². The predicted molar refractivity (Wildman–Crippen MR) is 119 cm³/mol. The number of aromatic nitrogens is 2. The monoisotopic (exact) mass is 439 g/mol. The van der Waals surface area contributed by atoms with Gasteiger partial charge in [0.1, 0.15) is 15.5 Å². The summed E-state index contributed by atoms with van der Waals surface area (Å²) in [6.45, 7) is 6.35. The highest BCUT2D eigenvalue weighted by atomic mass is 32.1. The van der Waals surface area contributed by atoms with Gasteiger partial charge in [0, 0.05) is 25.6 Å². The lowest BCUT2D eigenvalue weighted by Gasteiger charge is -2.26. The Labute approximate surface area is 184 Å². The van der Waals surface area contributed by atoms with Gasteiger partial charge in [0.05, 0.1) is 5.39 Å². The van der Waals surface area contributed by atoms with E-state index >= 15 is 0 Å². The van der Waals surface area contributed by atoms with Gasteiger partial charge in [0.25, 0.3) is 11.5 Å². The van der Waals surface area contributed by atoms with Gasteiger partial charge >= 0.3 is 5.97 Å². The van der Waals surface area contributed by atoms with E-state index in [-0.39, 0.29) is 24.1 Å². The number of esters is 1. The third kappa shape index (κ3) is 4.12. The van der Waals surface area contributed by atoms with Gasteiger partial charge in [0.2, 0.25) is 0 Å². The van der Waals surface area contributed by atoms with Gasteiger partial charge in [-0.2, -0.15) is 0 Å². The number of fused-ring (bicyclic) bond motifs is 2. The normalized spacial score (nSPS) is 12.9. The number of amides is 1. The second-order valence-corrected chi connectivity index (χ2v) is 9.00. The Morgan fingerprint density at radius 2 is 2.00 bits per heavy atom. The number of carbonyl (C=O) groups excluding carboxylic acids is 2. The fourth-order valence-electron chi connectivity index (χ4n) is 3.88. The number of nitrogens with zero attached hydrogens (tertiary/aromatic N) is 3. The molecule has 0 spiro atoms. The molecule has 31 heavy (non-hydrogen) atoms. The summed E-state index contributed by atoms with van der Waals surface area (Å²) in [5.41, 5.74) is 1.48. The smallest absolute Gasteiger partial charge is 0.349 e. The van der Waals surface area contributed by atoms with Crippen LogP contribution >= 0.6 is 11.3 Å². The van der Waals surface area contributed by atoms with Crippen molar-refractivity contribution in [2.45, 2.75) is 52.7 Å². The molecule has 0 atom stereocenters. The molecule has 162 valence electrons. The second-order valence-electron chi connectivity index (χ2n) is 8.00. The number of aryl methyl sites for hydroxylation is 2. The zero-order valence-electron chi connectivity index (χ0n) is 17.9. The molecule has 0 N–H and O–H groups in total. The molecule has 0 fully saturated rings. The van der Waals surface area contributed by atoms with Crippen LogP contribution in [0.1, 0.15) is 46.9 Å². The summed E-state index contributed by atoms with van der Waals surface area (Å²) in [4.78, 5) is 45.4. The van der Waals surface area contributed by atoms with Gasteiger partial charge in [-0.15, -0.1) is 11.3 Å². The summed E-state index contributed by atoms with van der Waals surface area (Å²) in [7, 11) is 0. The van der Waals surface area contributed by atoms with E-state index in [9.17, 15) is 14.4 Å². The molecule has 3 heterocycles. The summed E-state index contributed by atoms with van der Waals surface area (Å²) < 4.78 is 7.04. The molecular weight excluding hydrogens is 414 g/mol. The first-order valence-electron chi connectivity index (χ1n) is 10.4. The van der Waals surface area contributed by atoms with Crippen molar-refractivity contribution in [3.05, 3.63) is 62.5 Å². The van der Waals surface area contributed by atoms with E-state index < -0.39 is 5.97 Å². The number of rotatable bonds is 6. The zero-order chi connectivity index (χ0) is 22.1. The van der Waals surface area contributed by atoms with Crippen molar-refractivity contribution in [1.29, 1.82) is 0 Å². The third-order valence-electron chi connectivity index (χ3n) is 5.56. The van der Waals surface area contributed by atoms with E-state index in [0.29, 0.717) is 33.7 Å². The molecule has 1 aliphatic rings. The van der Waals surface area contributed by atoms with Crippen molar-refractivity contribution in [1.82, 2.24) is 14.5 Å². The number of benzene rings is 1. The Bertz CT molecular complexity index is 1200. The minimum Gasteiger partial charge on any atom is -0.451 e. The zero-order valence-corrected chi connectivity index (χ0v) is 18.7. The maximum atomic E-state index is 12.8. The fraction of sp³-hybridized carbons (Fsp3) is 0.391. The molecule has 1 amide bonds. The highest BCUT2D eigenvalue weighted by molar-refractivity contribution is 7.20. The average molecular weight is 440 g/mol. The SMILES string of the molecule is Cc1c(C(=O)OCC(=O)N(Cc2ccccc2)C(C)C)sc2nc3n(c(=O)c12)CCC3.